The van der Waals surface area contributed by atoms with Gasteiger partial charge in [-0.1, -0.05) is 30.3 Å². The van der Waals surface area contributed by atoms with E-state index in [0.717, 1.165) is 5.56 Å². The molecule has 0 radical (unpaired) electrons. The summed E-state index contributed by atoms with van der Waals surface area (Å²) in [6.07, 6.45) is 0. The van der Waals surface area contributed by atoms with E-state index in [9.17, 15) is 9.90 Å². The highest BCUT2D eigenvalue weighted by molar-refractivity contribution is 5.95. The molecule has 0 spiro atoms. The second kappa shape index (κ2) is 5.44. The molecule has 2 aromatic carbocycles. The van der Waals surface area contributed by atoms with Crippen molar-refractivity contribution in [3.63, 3.8) is 0 Å². The molecule has 0 atom stereocenters. The van der Waals surface area contributed by atoms with E-state index >= 15 is 0 Å². The first-order chi connectivity index (χ1) is 10.6. The smallest absolute Gasteiger partial charge is 0.281 e. The minimum absolute atomic E-state index is 0.0740. The number of aromatic hydroxyl groups is 1. The molecule has 0 saturated heterocycles. The van der Waals surface area contributed by atoms with E-state index in [2.05, 4.69) is 10.2 Å². The van der Waals surface area contributed by atoms with Crippen LogP contribution in [0.3, 0.4) is 0 Å². The van der Waals surface area contributed by atoms with Crippen LogP contribution in [0.15, 0.2) is 63.6 Å². The summed E-state index contributed by atoms with van der Waals surface area (Å²) < 4.78 is 1.17. The maximum absolute atomic E-state index is 12.3. The zero-order chi connectivity index (χ0) is 15.7. The van der Waals surface area contributed by atoms with Gasteiger partial charge in [-0.2, -0.15) is 5.11 Å². The minimum Gasteiger partial charge on any atom is -0.494 e. The van der Waals surface area contributed by atoms with Gasteiger partial charge in [0.05, 0.1) is 5.69 Å². The molecule has 0 aliphatic carbocycles. The van der Waals surface area contributed by atoms with E-state index in [4.69, 9.17) is 0 Å². The average Bonchev–Trinajstić information content (AvgIpc) is 2.53. The van der Waals surface area contributed by atoms with Gasteiger partial charge < -0.3 is 5.11 Å². The predicted octanol–water partition coefficient (Wildman–Crippen LogP) is 3.97. The molecule has 0 unspecified atom stereocenters. The van der Waals surface area contributed by atoms with Crippen LogP contribution in [0.1, 0.15) is 5.56 Å². The van der Waals surface area contributed by atoms with Crippen LogP contribution in [0.25, 0.3) is 10.8 Å². The van der Waals surface area contributed by atoms with Crippen molar-refractivity contribution in [1.29, 1.82) is 0 Å². The number of pyridine rings is 1. The van der Waals surface area contributed by atoms with Gasteiger partial charge in [0.15, 0.2) is 5.69 Å². The fourth-order valence-corrected chi connectivity index (χ4v) is 2.33. The summed E-state index contributed by atoms with van der Waals surface area (Å²) in [5, 5.41) is 19.5. The monoisotopic (exact) mass is 293 g/mol. The first kappa shape index (κ1) is 14.0. The molecule has 5 nitrogen and oxygen atoms in total. The van der Waals surface area contributed by atoms with Crippen molar-refractivity contribution in [3.05, 3.63) is 64.4 Å². The van der Waals surface area contributed by atoms with Crippen molar-refractivity contribution in [2.75, 3.05) is 0 Å². The molecule has 0 fully saturated rings. The Morgan fingerprint density at radius 2 is 1.73 bits per heavy atom. The largest absolute Gasteiger partial charge is 0.494 e. The van der Waals surface area contributed by atoms with Crippen molar-refractivity contribution >= 4 is 22.1 Å². The summed E-state index contributed by atoms with van der Waals surface area (Å²) in [6, 6.07) is 14.7. The van der Waals surface area contributed by atoms with Crippen LogP contribution in [0.5, 0.6) is 5.88 Å². The Balaban J connectivity index is 2.21. The van der Waals surface area contributed by atoms with Gasteiger partial charge in [-0.3, -0.25) is 9.36 Å². The van der Waals surface area contributed by atoms with E-state index in [1.165, 1.54) is 11.6 Å². The maximum atomic E-state index is 12.3. The Kier molecular flexibility index (Phi) is 3.47. The van der Waals surface area contributed by atoms with E-state index in [0.29, 0.717) is 16.5 Å². The van der Waals surface area contributed by atoms with Gasteiger partial charge in [0.2, 0.25) is 5.88 Å². The predicted molar refractivity (Wildman–Crippen MR) is 86.2 cm³/mol. The molecule has 3 aromatic rings. The Bertz CT molecular complexity index is 942. The molecule has 3 rings (SSSR count). The van der Waals surface area contributed by atoms with Crippen molar-refractivity contribution < 1.29 is 5.11 Å². The summed E-state index contributed by atoms with van der Waals surface area (Å²) in [6.45, 7) is 1.97. The number of azo groups is 1. The van der Waals surface area contributed by atoms with Gasteiger partial charge in [-0.15, -0.1) is 5.11 Å². The van der Waals surface area contributed by atoms with Crippen LogP contribution in [0, 0.1) is 6.92 Å². The molecule has 22 heavy (non-hydrogen) atoms. The third-order valence-corrected chi connectivity index (χ3v) is 3.52. The summed E-state index contributed by atoms with van der Waals surface area (Å²) in [5.74, 6) is -0.0740. The molecular formula is C17H15N3O2. The minimum atomic E-state index is -0.382. The highest BCUT2D eigenvalue weighted by Gasteiger charge is 2.13. The number of aryl methyl sites for hydroxylation is 1. The lowest BCUT2D eigenvalue weighted by atomic mass is 10.1. The number of nitrogens with zero attached hydrogens (tertiary/aromatic N) is 3. The lowest BCUT2D eigenvalue weighted by molar-refractivity contribution is 0.431. The third kappa shape index (κ3) is 2.37. The highest BCUT2D eigenvalue weighted by Crippen LogP contribution is 2.29. The molecule has 0 aliphatic rings. The van der Waals surface area contributed by atoms with Crippen molar-refractivity contribution in [2.45, 2.75) is 6.92 Å². The lowest BCUT2D eigenvalue weighted by Gasteiger charge is -2.08. The average molecular weight is 293 g/mol. The standard InChI is InChI=1S/C17H15N3O2/c1-11-6-5-7-12(10-11)18-19-15-13-8-3-4-9-14(13)16(21)20(2)17(15)22/h3-10,21H,1-2H3. The fraction of sp³-hybridized carbons (Fsp3) is 0.118. The fourth-order valence-electron chi connectivity index (χ4n) is 2.33. The van der Waals surface area contributed by atoms with Crippen LogP contribution < -0.4 is 5.56 Å². The van der Waals surface area contributed by atoms with Crippen LogP contribution in [0.4, 0.5) is 11.4 Å². The summed E-state index contributed by atoms with van der Waals surface area (Å²) in [4.78, 5) is 12.3. The molecule has 5 heteroatoms. The maximum Gasteiger partial charge on any atom is 0.281 e. The molecule has 0 aliphatic heterocycles. The van der Waals surface area contributed by atoms with E-state index in [-0.39, 0.29) is 17.1 Å². The molecule has 0 saturated carbocycles. The highest BCUT2D eigenvalue weighted by atomic mass is 16.3. The van der Waals surface area contributed by atoms with Gasteiger partial charge in [0.1, 0.15) is 0 Å². The van der Waals surface area contributed by atoms with E-state index in [1.807, 2.05) is 31.2 Å². The first-order valence-electron chi connectivity index (χ1n) is 6.87. The van der Waals surface area contributed by atoms with Crippen LogP contribution in [-0.2, 0) is 7.05 Å². The van der Waals surface area contributed by atoms with Crippen LogP contribution >= 0.6 is 0 Å². The topological polar surface area (TPSA) is 67.0 Å². The van der Waals surface area contributed by atoms with Gasteiger partial charge in [0, 0.05) is 17.8 Å². The lowest BCUT2D eigenvalue weighted by Crippen LogP contribution is -2.16. The Morgan fingerprint density at radius 3 is 2.45 bits per heavy atom. The molecule has 1 aromatic heterocycles. The molecule has 0 amide bonds. The Morgan fingerprint density at radius 1 is 1.00 bits per heavy atom. The quantitative estimate of drug-likeness (QED) is 0.726. The van der Waals surface area contributed by atoms with Gasteiger partial charge in [-0.05, 0) is 30.7 Å². The number of fused-ring (bicyclic) bond motifs is 1. The SMILES string of the molecule is Cc1cccc(N=Nc2c(=O)n(C)c(O)c3ccccc23)c1. The zero-order valence-electron chi connectivity index (χ0n) is 12.3. The summed E-state index contributed by atoms with van der Waals surface area (Å²) in [5.41, 5.74) is 1.59. The summed E-state index contributed by atoms with van der Waals surface area (Å²) >= 11 is 0. The van der Waals surface area contributed by atoms with Gasteiger partial charge in [0.25, 0.3) is 5.56 Å². The number of hydrogen-bond acceptors (Lipinski definition) is 4. The van der Waals surface area contributed by atoms with Crippen molar-refractivity contribution in [2.24, 2.45) is 17.3 Å². The molecule has 110 valence electrons. The van der Waals surface area contributed by atoms with E-state index in [1.54, 1.807) is 24.3 Å². The number of rotatable bonds is 2. The first-order valence-corrected chi connectivity index (χ1v) is 6.87. The second-order valence-electron chi connectivity index (χ2n) is 5.12. The third-order valence-electron chi connectivity index (χ3n) is 3.52. The molecular weight excluding hydrogens is 278 g/mol. The second-order valence-corrected chi connectivity index (χ2v) is 5.12. The number of benzene rings is 2. The van der Waals surface area contributed by atoms with Crippen LogP contribution in [0.2, 0.25) is 0 Å². The van der Waals surface area contributed by atoms with Crippen LogP contribution in [-0.4, -0.2) is 9.67 Å². The van der Waals surface area contributed by atoms with Gasteiger partial charge in [-0.25, -0.2) is 0 Å². The van der Waals surface area contributed by atoms with E-state index < -0.39 is 0 Å². The normalized spacial score (nSPS) is 11.4. The molecule has 1 heterocycles. The number of hydrogen-bond donors (Lipinski definition) is 1. The molecule has 0 bridgehead atoms. The Labute approximate surface area is 127 Å². The van der Waals surface area contributed by atoms with Gasteiger partial charge >= 0.3 is 0 Å². The molecule has 1 N–H and O–H groups in total. The summed E-state index contributed by atoms with van der Waals surface area (Å²) in [7, 11) is 1.51. The van der Waals surface area contributed by atoms with Crippen molar-refractivity contribution in [3.8, 4) is 5.88 Å². The number of aromatic nitrogens is 1. The van der Waals surface area contributed by atoms with Crippen molar-refractivity contribution in [1.82, 2.24) is 4.57 Å². The Hall–Kier alpha value is -2.95. The zero-order valence-corrected chi connectivity index (χ0v) is 12.3.